The van der Waals surface area contributed by atoms with Crippen molar-refractivity contribution < 1.29 is 19.1 Å². The van der Waals surface area contributed by atoms with E-state index in [4.69, 9.17) is 9.47 Å². The van der Waals surface area contributed by atoms with Gasteiger partial charge in [-0.15, -0.1) is 11.3 Å². The molecule has 5 rings (SSSR count). The third-order valence-electron chi connectivity index (χ3n) is 6.21. The number of ether oxygens (including phenoxy) is 2. The molecule has 29 heavy (non-hydrogen) atoms. The molecule has 2 saturated heterocycles. The molecule has 3 aliphatic heterocycles. The smallest absolute Gasteiger partial charge is 0.254 e. The SMILES string of the molecule is O=C1CO[C@H](C(=O)N2CCC3(CC2)OCCc2ccsc23)[C@@H](c2ccccc2)N1. The molecule has 2 fully saturated rings. The molecule has 1 aromatic heterocycles. The van der Waals surface area contributed by atoms with Crippen LogP contribution in [0.25, 0.3) is 0 Å². The second kappa shape index (κ2) is 7.55. The zero-order valence-corrected chi connectivity index (χ0v) is 17.0. The van der Waals surface area contributed by atoms with Gasteiger partial charge in [-0.1, -0.05) is 30.3 Å². The maximum Gasteiger partial charge on any atom is 0.254 e. The number of likely N-dealkylation sites (tertiary alicyclic amines) is 1. The van der Waals surface area contributed by atoms with Crippen molar-refractivity contribution in [2.45, 2.75) is 37.0 Å². The lowest BCUT2D eigenvalue weighted by Crippen LogP contribution is -2.56. The normalized spacial score (nSPS) is 26.1. The van der Waals surface area contributed by atoms with Gasteiger partial charge in [0.15, 0.2) is 6.10 Å². The van der Waals surface area contributed by atoms with Crippen molar-refractivity contribution in [3.63, 3.8) is 0 Å². The summed E-state index contributed by atoms with van der Waals surface area (Å²) in [5.74, 6) is -0.253. The van der Waals surface area contributed by atoms with Gasteiger partial charge in [0.1, 0.15) is 12.2 Å². The van der Waals surface area contributed by atoms with E-state index in [9.17, 15) is 9.59 Å². The van der Waals surface area contributed by atoms with E-state index in [0.29, 0.717) is 13.1 Å². The van der Waals surface area contributed by atoms with Gasteiger partial charge >= 0.3 is 0 Å². The lowest BCUT2D eigenvalue weighted by molar-refractivity contribution is -0.160. The number of nitrogens with zero attached hydrogens (tertiary/aromatic N) is 1. The van der Waals surface area contributed by atoms with Crippen molar-refractivity contribution in [1.29, 1.82) is 0 Å². The Morgan fingerprint density at radius 2 is 1.97 bits per heavy atom. The Bertz CT molecular complexity index is 905. The minimum atomic E-state index is -0.700. The molecule has 0 saturated carbocycles. The van der Waals surface area contributed by atoms with Crippen LogP contribution in [0.2, 0.25) is 0 Å². The number of fused-ring (bicyclic) bond motifs is 2. The standard InChI is InChI=1S/C22H24N2O4S/c25-17-14-27-19(18(23-17)15-4-2-1-3-5-15)21(26)24-10-8-22(9-11-24)20-16(6-12-28-22)7-13-29-20/h1-5,7,13,18-19H,6,8-12,14H2,(H,23,25)/t18-,19+/m1/s1. The van der Waals surface area contributed by atoms with Gasteiger partial charge in [0, 0.05) is 18.0 Å². The molecule has 7 heteroatoms. The molecule has 1 aromatic carbocycles. The summed E-state index contributed by atoms with van der Waals surface area (Å²) in [6, 6.07) is 11.3. The lowest BCUT2D eigenvalue weighted by Gasteiger charge is -2.45. The van der Waals surface area contributed by atoms with Crippen LogP contribution in [0.3, 0.4) is 0 Å². The number of thiophene rings is 1. The summed E-state index contributed by atoms with van der Waals surface area (Å²) in [5.41, 5.74) is 2.02. The molecule has 4 heterocycles. The molecule has 2 atom stereocenters. The first kappa shape index (κ1) is 18.8. The molecule has 0 unspecified atom stereocenters. The minimum absolute atomic E-state index is 0.0593. The van der Waals surface area contributed by atoms with E-state index in [0.717, 1.165) is 31.4 Å². The fraction of sp³-hybridized carbons (Fsp3) is 0.455. The van der Waals surface area contributed by atoms with Crippen LogP contribution in [0.15, 0.2) is 41.8 Å². The minimum Gasteiger partial charge on any atom is -0.369 e. The first-order valence-corrected chi connectivity index (χ1v) is 11.0. The number of benzene rings is 1. The molecule has 152 valence electrons. The molecular formula is C22H24N2O4S. The fourth-order valence-electron chi connectivity index (χ4n) is 4.68. The van der Waals surface area contributed by atoms with Crippen molar-refractivity contribution >= 4 is 23.2 Å². The molecular weight excluding hydrogens is 388 g/mol. The molecule has 0 radical (unpaired) electrons. The van der Waals surface area contributed by atoms with Crippen LogP contribution in [0.4, 0.5) is 0 Å². The maximum atomic E-state index is 13.3. The van der Waals surface area contributed by atoms with Gasteiger partial charge in [-0.3, -0.25) is 9.59 Å². The van der Waals surface area contributed by atoms with Crippen LogP contribution in [0.5, 0.6) is 0 Å². The van der Waals surface area contributed by atoms with Crippen molar-refractivity contribution in [3.8, 4) is 0 Å². The van der Waals surface area contributed by atoms with Gasteiger partial charge in [-0.05, 0) is 41.8 Å². The number of morpholine rings is 1. The Morgan fingerprint density at radius 1 is 1.17 bits per heavy atom. The second-order valence-electron chi connectivity index (χ2n) is 7.88. The summed E-state index contributed by atoms with van der Waals surface area (Å²) in [4.78, 5) is 28.4. The Hall–Kier alpha value is -2.22. The zero-order valence-electron chi connectivity index (χ0n) is 16.1. The van der Waals surface area contributed by atoms with Crippen LogP contribution in [0.1, 0.15) is 34.9 Å². The monoisotopic (exact) mass is 412 g/mol. The highest BCUT2D eigenvalue weighted by molar-refractivity contribution is 7.10. The topological polar surface area (TPSA) is 67.9 Å². The van der Waals surface area contributed by atoms with Gasteiger partial charge < -0.3 is 19.7 Å². The van der Waals surface area contributed by atoms with E-state index in [1.165, 1.54) is 10.4 Å². The summed E-state index contributed by atoms with van der Waals surface area (Å²) in [6.07, 6.45) is 1.86. The van der Waals surface area contributed by atoms with Gasteiger partial charge in [0.05, 0.1) is 12.6 Å². The van der Waals surface area contributed by atoms with E-state index in [1.807, 2.05) is 35.2 Å². The number of amides is 2. The zero-order chi connectivity index (χ0) is 19.8. The Kier molecular flexibility index (Phi) is 4.89. The van der Waals surface area contributed by atoms with E-state index >= 15 is 0 Å². The molecule has 1 spiro atoms. The summed E-state index contributed by atoms with van der Waals surface area (Å²) < 4.78 is 12.0. The van der Waals surface area contributed by atoms with E-state index in [2.05, 4.69) is 16.8 Å². The quantitative estimate of drug-likeness (QED) is 0.823. The number of hydrogen-bond acceptors (Lipinski definition) is 5. The molecule has 0 bridgehead atoms. The first-order chi connectivity index (χ1) is 14.2. The molecule has 0 aliphatic carbocycles. The van der Waals surface area contributed by atoms with Crippen molar-refractivity contribution in [3.05, 3.63) is 57.8 Å². The third kappa shape index (κ3) is 3.37. The molecule has 3 aliphatic rings. The van der Waals surface area contributed by atoms with Crippen molar-refractivity contribution in [1.82, 2.24) is 10.2 Å². The van der Waals surface area contributed by atoms with Crippen LogP contribution >= 0.6 is 11.3 Å². The average Bonchev–Trinajstić information content (AvgIpc) is 3.25. The predicted octanol–water partition coefficient (Wildman–Crippen LogP) is 2.39. The molecule has 2 amide bonds. The largest absolute Gasteiger partial charge is 0.369 e. The Labute approximate surface area is 173 Å². The van der Waals surface area contributed by atoms with Gasteiger partial charge in [-0.25, -0.2) is 0 Å². The Morgan fingerprint density at radius 3 is 2.76 bits per heavy atom. The van der Waals surface area contributed by atoms with Crippen LogP contribution < -0.4 is 5.32 Å². The van der Waals surface area contributed by atoms with Crippen LogP contribution in [-0.2, 0) is 31.1 Å². The number of carbonyl (C=O) groups excluding carboxylic acids is 2. The van der Waals surface area contributed by atoms with E-state index in [-0.39, 0.29) is 24.0 Å². The van der Waals surface area contributed by atoms with E-state index < -0.39 is 12.1 Å². The number of rotatable bonds is 2. The summed E-state index contributed by atoms with van der Waals surface area (Å²) in [6.45, 7) is 1.92. The average molecular weight is 413 g/mol. The van der Waals surface area contributed by atoms with Gasteiger partial charge in [0.2, 0.25) is 5.91 Å². The van der Waals surface area contributed by atoms with Crippen LogP contribution in [-0.4, -0.2) is 49.1 Å². The number of carbonyl (C=O) groups is 2. The van der Waals surface area contributed by atoms with Gasteiger partial charge in [-0.2, -0.15) is 0 Å². The highest BCUT2D eigenvalue weighted by Crippen LogP contribution is 2.44. The highest BCUT2D eigenvalue weighted by atomic mass is 32.1. The second-order valence-corrected chi connectivity index (χ2v) is 8.80. The number of piperidine rings is 1. The van der Waals surface area contributed by atoms with Crippen molar-refractivity contribution in [2.75, 3.05) is 26.3 Å². The summed E-state index contributed by atoms with van der Waals surface area (Å²) in [7, 11) is 0. The highest BCUT2D eigenvalue weighted by Gasteiger charge is 2.45. The molecule has 2 aromatic rings. The summed E-state index contributed by atoms with van der Waals surface area (Å²) in [5, 5.41) is 5.08. The van der Waals surface area contributed by atoms with E-state index in [1.54, 1.807) is 11.3 Å². The van der Waals surface area contributed by atoms with Gasteiger partial charge in [0.25, 0.3) is 5.91 Å². The lowest BCUT2D eigenvalue weighted by atomic mass is 9.85. The Balaban J connectivity index is 1.32. The number of hydrogen-bond donors (Lipinski definition) is 1. The van der Waals surface area contributed by atoms with Crippen LogP contribution in [0, 0.1) is 0 Å². The maximum absolute atomic E-state index is 13.3. The summed E-state index contributed by atoms with van der Waals surface area (Å²) >= 11 is 1.77. The number of nitrogens with one attached hydrogen (secondary N) is 1. The van der Waals surface area contributed by atoms with Crippen molar-refractivity contribution in [2.24, 2.45) is 0 Å². The molecule has 6 nitrogen and oxygen atoms in total. The third-order valence-corrected chi connectivity index (χ3v) is 7.35. The predicted molar refractivity (Wildman–Crippen MR) is 109 cm³/mol. The molecule has 1 N–H and O–H groups in total. The first-order valence-electron chi connectivity index (χ1n) is 10.1. The fourth-order valence-corrected chi connectivity index (χ4v) is 5.85.